The molecule has 1 aromatic carbocycles. The number of amides is 1. The van der Waals surface area contributed by atoms with Gasteiger partial charge in [-0.05, 0) is 50.1 Å². The Morgan fingerprint density at radius 1 is 1.26 bits per heavy atom. The summed E-state index contributed by atoms with van der Waals surface area (Å²) in [6.07, 6.45) is 2.59. The van der Waals surface area contributed by atoms with Crippen LogP contribution in [0.1, 0.15) is 42.0 Å². The van der Waals surface area contributed by atoms with Crippen molar-refractivity contribution in [3.05, 3.63) is 59.5 Å². The zero-order valence-corrected chi connectivity index (χ0v) is 15.7. The minimum Gasteiger partial charge on any atom is -0.365 e. The highest BCUT2D eigenvalue weighted by atomic mass is 16.5. The minimum atomic E-state index is -0.0638. The molecule has 0 radical (unpaired) electrons. The number of rotatable bonds is 7. The van der Waals surface area contributed by atoms with E-state index in [0.717, 1.165) is 17.5 Å². The summed E-state index contributed by atoms with van der Waals surface area (Å²) in [4.78, 5) is 20.9. The third-order valence-corrected chi connectivity index (χ3v) is 4.20. The Bertz CT molecular complexity index is 922. The van der Waals surface area contributed by atoms with Crippen LogP contribution in [-0.2, 0) is 6.54 Å². The van der Waals surface area contributed by atoms with Crippen molar-refractivity contribution in [2.75, 3.05) is 5.32 Å². The lowest BCUT2D eigenvalue weighted by molar-refractivity contribution is 0.0939. The second-order valence-electron chi connectivity index (χ2n) is 6.38. The average Bonchev–Trinajstić information content (AvgIpc) is 3.12. The molecular weight excluding hydrogens is 342 g/mol. The van der Waals surface area contributed by atoms with Crippen molar-refractivity contribution < 1.29 is 9.32 Å². The van der Waals surface area contributed by atoms with Crippen LogP contribution in [0.4, 0.5) is 5.82 Å². The number of benzene rings is 1. The molecule has 2 N–H and O–H groups in total. The molecule has 3 aromatic rings. The van der Waals surface area contributed by atoms with Crippen LogP contribution in [0.5, 0.6) is 0 Å². The van der Waals surface area contributed by atoms with Crippen LogP contribution in [0.3, 0.4) is 0 Å². The van der Waals surface area contributed by atoms with Crippen molar-refractivity contribution in [1.29, 1.82) is 0 Å². The van der Waals surface area contributed by atoms with E-state index in [4.69, 9.17) is 4.52 Å². The standard InChI is InChI=1S/C20H23N5O2/c1-4-13(2)23-19(26)16-8-5-7-15(11-16)12-22-18-17(9-6-10-21-18)20-24-14(3)25-27-20/h5-11,13H,4,12H2,1-3H3,(H,21,22)(H,23,26). The van der Waals surface area contributed by atoms with Gasteiger partial charge in [0.15, 0.2) is 5.82 Å². The Balaban J connectivity index is 1.73. The maximum absolute atomic E-state index is 12.3. The molecule has 27 heavy (non-hydrogen) atoms. The van der Waals surface area contributed by atoms with E-state index >= 15 is 0 Å². The predicted molar refractivity (Wildman–Crippen MR) is 103 cm³/mol. The van der Waals surface area contributed by atoms with E-state index < -0.39 is 0 Å². The van der Waals surface area contributed by atoms with E-state index in [2.05, 4.69) is 25.8 Å². The van der Waals surface area contributed by atoms with Gasteiger partial charge in [0.25, 0.3) is 11.8 Å². The molecule has 0 aliphatic carbocycles. The summed E-state index contributed by atoms with van der Waals surface area (Å²) in [7, 11) is 0. The van der Waals surface area contributed by atoms with Crippen LogP contribution in [-0.4, -0.2) is 27.1 Å². The molecule has 2 heterocycles. The van der Waals surface area contributed by atoms with Crippen LogP contribution < -0.4 is 10.6 Å². The highest BCUT2D eigenvalue weighted by molar-refractivity contribution is 5.94. The third-order valence-electron chi connectivity index (χ3n) is 4.20. The molecule has 3 rings (SSSR count). The summed E-state index contributed by atoms with van der Waals surface area (Å²) in [5.41, 5.74) is 2.36. The SMILES string of the molecule is CCC(C)NC(=O)c1cccc(CNc2ncccc2-c2nc(C)no2)c1. The van der Waals surface area contributed by atoms with Gasteiger partial charge < -0.3 is 15.2 Å². The van der Waals surface area contributed by atoms with Gasteiger partial charge in [-0.2, -0.15) is 4.98 Å². The molecule has 2 aromatic heterocycles. The first-order valence-corrected chi connectivity index (χ1v) is 8.96. The number of anilines is 1. The number of carbonyl (C=O) groups is 1. The number of hydrogen-bond acceptors (Lipinski definition) is 6. The van der Waals surface area contributed by atoms with Gasteiger partial charge in [-0.25, -0.2) is 4.98 Å². The van der Waals surface area contributed by atoms with Crippen LogP contribution in [0.15, 0.2) is 47.1 Å². The maximum Gasteiger partial charge on any atom is 0.261 e. The van der Waals surface area contributed by atoms with Crippen molar-refractivity contribution >= 4 is 11.7 Å². The van der Waals surface area contributed by atoms with E-state index in [1.54, 1.807) is 13.1 Å². The fourth-order valence-corrected chi connectivity index (χ4v) is 2.54. The number of aryl methyl sites for hydroxylation is 1. The van der Waals surface area contributed by atoms with Gasteiger partial charge in [-0.1, -0.05) is 24.2 Å². The quantitative estimate of drug-likeness (QED) is 0.665. The molecule has 0 aliphatic rings. The Hall–Kier alpha value is -3.22. The largest absolute Gasteiger partial charge is 0.365 e. The van der Waals surface area contributed by atoms with Gasteiger partial charge in [0.1, 0.15) is 5.82 Å². The molecule has 140 valence electrons. The first-order valence-electron chi connectivity index (χ1n) is 8.96. The summed E-state index contributed by atoms with van der Waals surface area (Å²) in [6.45, 7) is 6.32. The van der Waals surface area contributed by atoms with Gasteiger partial charge in [-0.3, -0.25) is 4.79 Å². The first-order chi connectivity index (χ1) is 13.1. The predicted octanol–water partition coefficient (Wildman–Crippen LogP) is 3.58. The summed E-state index contributed by atoms with van der Waals surface area (Å²) in [5, 5.41) is 10.1. The Labute approximate surface area is 158 Å². The van der Waals surface area contributed by atoms with Gasteiger partial charge >= 0.3 is 0 Å². The minimum absolute atomic E-state index is 0.0638. The van der Waals surface area contributed by atoms with Crippen molar-refractivity contribution in [2.45, 2.75) is 39.8 Å². The normalized spacial score (nSPS) is 11.8. The molecule has 1 atom stereocenters. The molecule has 0 fully saturated rings. The summed E-state index contributed by atoms with van der Waals surface area (Å²) in [6, 6.07) is 11.4. The number of aromatic nitrogens is 3. The molecule has 0 saturated heterocycles. The van der Waals surface area contributed by atoms with Gasteiger partial charge in [0.05, 0.1) is 5.56 Å². The number of carbonyl (C=O) groups excluding carboxylic acids is 1. The molecular formula is C20H23N5O2. The smallest absolute Gasteiger partial charge is 0.261 e. The summed E-state index contributed by atoms with van der Waals surface area (Å²) >= 11 is 0. The number of nitrogens with one attached hydrogen (secondary N) is 2. The summed E-state index contributed by atoms with van der Waals surface area (Å²) in [5.74, 6) is 1.58. The lowest BCUT2D eigenvalue weighted by atomic mass is 10.1. The Morgan fingerprint density at radius 3 is 2.85 bits per heavy atom. The Morgan fingerprint density at radius 2 is 2.11 bits per heavy atom. The topological polar surface area (TPSA) is 92.9 Å². The highest BCUT2D eigenvalue weighted by Crippen LogP contribution is 2.24. The second-order valence-corrected chi connectivity index (χ2v) is 6.38. The first kappa shape index (κ1) is 18.6. The molecule has 0 saturated carbocycles. The monoisotopic (exact) mass is 365 g/mol. The molecule has 1 unspecified atom stereocenters. The van der Waals surface area contributed by atoms with Crippen LogP contribution in [0.25, 0.3) is 11.5 Å². The van der Waals surface area contributed by atoms with Crippen molar-refractivity contribution in [3.8, 4) is 11.5 Å². The summed E-state index contributed by atoms with van der Waals surface area (Å²) < 4.78 is 5.25. The molecule has 7 heteroatoms. The van der Waals surface area contributed by atoms with E-state index in [0.29, 0.717) is 29.6 Å². The van der Waals surface area contributed by atoms with Crippen molar-refractivity contribution in [2.24, 2.45) is 0 Å². The zero-order chi connectivity index (χ0) is 19.2. The molecule has 0 bridgehead atoms. The van der Waals surface area contributed by atoms with Crippen LogP contribution in [0.2, 0.25) is 0 Å². The molecule has 1 amide bonds. The lowest BCUT2D eigenvalue weighted by Crippen LogP contribution is -2.31. The Kier molecular flexibility index (Phi) is 5.80. The fourth-order valence-electron chi connectivity index (χ4n) is 2.54. The second kappa shape index (κ2) is 8.44. The third kappa shape index (κ3) is 4.69. The molecule has 0 spiro atoms. The zero-order valence-electron chi connectivity index (χ0n) is 15.7. The van der Waals surface area contributed by atoms with Crippen molar-refractivity contribution in [1.82, 2.24) is 20.4 Å². The van der Waals surface area contributed by atoms with E-state index in [1.807, 2.05) is 50.2 Å². The van der Waals surface area contributed by atoms with Crippen LogP contribution in [0, 0.1) is 6.92 Å². The average molecular weight is 365 g/mol. The molecule has 7 nitrogen and oxygen atoms in total. The van der Waals surface area contributed by atoms with E-state index in [1.165, 1.54) is 0 Å². The number of pyridine rings is 1. The lowest BCUT2D eigenvalue weighted by Gasteiger charge is -2.12. The number of hydrogen-bond donors (Lipinski definition) is 2. The maximum atomic E-state index is 12.3. The van der Waals surface area contributed by atoms with E-state index in [-0.39, 0.29) is 11.9 Å². The number of nitrogens with zero attached hydrogens (tertiary/aromatic N) is 3. The van der Waals surface area contributed by atoms with Crippen LogP contribution >= 0.6 is 0 Å². The highest BCUT2D eigenvalue weighted by Gasteiger charge is 2.13. The fraction of sp³-hybridized carbons (Fsp3) is 0.300. The van der Waals surface area contributed by atoms with Crippen molar-refractivity contribution in [3.63, 3.8) is 0 Å². The van der Waals surface area contributed by atoms with Gasteiger partial charge in [0, 0.05) is 24.3 Å². The van der Waals surface area contributed by atoms with Gasteiger partial charge in [-0.15, -0.1) is 0 Å². The van der Waals surface area contributed by atoms with Gasteiger partial charge in [0.2, 0.25) is 0 Å². The molecule has 0 aliphatic heterocycles. The van der Waals surface area contributed by atoms with E-state index in [9.17, 15) is 4.79 Å².